The van der Waals surface area contributed by atoms with Gasteiger partial charge in [-0.1, -0.05) is 37.0 Å². The molecule has 0 radical (unpaired) electrons. The minimum absolute atomic E-state index is 0.0613. The maximum absolute atomic E-state index is 12.5. The number of carbonyl (C=O) groups excluding carboxylic acids is 3. The predicted molar refractivity (Wildman–Crippen MR) is 101 cm³/mol. The van der Waals surface area contributed by atoms with Gasteiger partial charge in [-0.3, -0.25) is 14.4 Å². The Balaban J connectivity index is 2.84. The molecule has 0 aromatic rings. The summed E-state index contributed by atoms with van der Waals surface area (Å²) in [5.41, 5.74) is 1.73. The van der Waals surface area contributed by atoms with Crippen molar-refractivity contribution in [3.63, 3.8) is 0 Å². The lowest BCUT2D eigenvalue weighted by molar-refractivity contribution is -0.144. The molecular formula is C17H25ClN2O4S. The molecule has 1 fully saturated rings. The van der Waals surface area contributed by atoms with Crippen LogP contribution in [0.25, 0.3) is 0 Å². The summed E-state index contributed by atoms with van der Waals surface area (Å²) < 4.78 is 0. The number of oxime groups is 1. The van der Waals surface area contributed by atoms with Crippen LogP contribution < -0.4 is 0 Å². The second-order valence-corrected chi connectivity index (χ2v) is 7.52. The summed E-state index contributed by atoms with van der Waals surface area (Å²) in [5, 5.41) is 3.70. The third-order valence-corrected chi connectivity index (χ3v) is 4.91. The van der Waals surface area contributed by atoms with Crippen LogP contribution >= 0.6 is 23.4 Å². The summed E-state index contributed by atoms with van der Waals surface area (Å²) in [6, 6.07) is 0. The molecule has 1 atom stereocenters. The van der Waals surface area contributed by atoms with Gasteiger partial charge in [0.1, 0.15) is 12.5 Å². The molecule has 1 amide bonds. The molecule has 0 aliphatic carbocycles. The Bertz CT molecular complexity index is 533. The third-order valence-electron chi connectivity index (χ3n) is 3.69. The molecule has 1 unspecified atom stereocenters. The summed E-state index contributed by atoms with van der Waals surface area (Å²) in [5.74, 6) is -0.904. The topological polar surface area (TPSA) is 76.0 Å². The zero-order valence-electron chi connectivity index (χ0n) is 14.9. The minimum atomic E-state index is -0.918. The fraction of sp³-hybridized carbons (Fsp3) is 0.647. The molecule has 140 valence electrons. The monoisotopic (exact) mass is 388 g/mol. The van der Waals surface area contributed by atoms with E-state index in [4.69, 9.17) is 16.4 Å². The average molecular weight is 389 g/mol. The first-order valence-corrected chi connectivity index (χ1v) is 9.84. The first-order chi connectivity index (χ1) is 12.0. The van der Waals surface area contributed by atoms with E-state index in [9.17, 15) is 14.4 Å². The number of carbonyl (C=O) groups is 3. The number of hydrogen-bond donors (Lipinski definition) is 0. The zero-order chi connectivity index (χ0) is 18.8. The van der Waals surface area contributed by atoms with Crippen molar-refractivity contribution < 1.29 is 19.2 Å². The lowest BCUT2D eigenvalue weighted by Gasteiger charge is -2.31. The molecule has 0 spiro atoms. The maximum atomic E-state index is 12.5. The smallest absolute Gasteiger partial charge is 0.236 e. The van der Waals surface area contributed by atoms with Gasteiger partial charge < -0.3 is 9.74 Å². The van der Waals surface area contributed by atoms with Gasteiger partial charge in [0, 0.05) is 5.54 Å². The highest BCUT2D eigenvalue weighted by Crippen LogP contribution is 2.20. The number of nitrogens with zero attached hydrogens (tertiary/aromatic N) is 2. The summed E-state index contributed by atoms with van der Waals surface area (Å²) in [7, 11) is 0. The molecule has 6 nitrogen and oxygen atoms in total. The largest absolute Gasteiger partial charge is 0.392 e. The van der Waals surface area contributed by atoms with Crippen molar-refractivity contribution in [2.24, 2.45) is 11.1 Å². The van der Waals surface area contributed by atoms with Crippen molar-refractivity contribution in [3.05, 3.63) is 11.6 Å². The van der Waals surface area contributed by atoms with Crippen LogP contribution in [0.5, 0.6) is 0 Å². The van der Waals surface area contributed by atoms with E-state index < -0.39 is 5.92 Å². The molecule has 1 heterocycles. The molecule has 1 rings (SSSR count). The number of Topliss-reactive ketones (excluding diaryl/α,β-unsaturated/α-hetero) is 2. The first-order valence-electron chi connectivity index (χ1n) is 8.35. The second kappa shape index (κ2) is 11.3. The highest BCUT2D eigenvalue weighted by molar-refractivity contribution is 8.00. The summed E-state index contributed by atoms with van der Waals surface area (Å²) in [6.07, 6.45) is 2.78. The molecule has 0 aromatic carbocycles. The van der Waals surface area contributed by atoms with Crippen LogP contribution in [0.15, 0.2) is 16.8 Å². The van der Waals surface area contributed by atoms with Gasteiger partial charge >= 0.3 is 0 Å². The fourth-order valence-electron chi connectivity index (χ4n) is 2.60. The predicted octanol–water partition coefficient (Wildman–Crippen LogP) is 2.65. The van der Waals surface area contributed by atoms with Crippen molar-refractivity contribution in [2.45, 2.75) is 38.9 Å². The van der Waals surface area contributed by atoms with Crippen molar-refractivity contribution >= 4 is 46.5 Å². The Morgan fingerprint density at radius 2 is 2.04 bits per heavy atom. The van der Waals surface area contributed by atoms with Crippen molar-refractivity contribution in [3.8, 4) is 0 Å². The van der Waals surface area contributed by atoms with Gasteiger partial charge in [-0.25, -0.2) is 0 Å². The molecule has 0 aromatic heterocycles. The molecule has 1 saturated heterocycles. The fourth-order valence-corrected chi connectivity index (χ4v) is 3.46. The Morgan fingerprint density at radius 1 is 1.40 bits per heavy atom. The number of piperidine rings is 1. The lowest BCUT2D eigenvalue weighted by atomic mass is 9.87. The Kier molecular flexibility index (Phi) is 9.82. The van der Waals surface area contributed by atoms with Crippen LogP contribution in [-0.4, -0.2) is 58.8 Å². The van der Waals surface area contributed by atoms with E-state index in [2.05, 4.69) is 5.16 Å². The van der Waals surface area contributed by atoms with E-state index in [1.54, 1.807) is 13.0 Å². The maximum Gasteiger partial charge on any atom is 0.236 e. The average Bonchev–Trinajstić information content (AvgIpc) is 2.57. The standard InChI is InChI=1S/C17H25ClN2O4S/c1-4-7-13(19-24-9-6-8-18)16-14(21)10-20(11-15(16)22)17(23)12(3)25-5-2/h6,8,12,16H,4-5,7,9-11H2,1-3H3/b8-6+,19-13?. The quantitative estimate of drug-likeness (QED) is 0.262. The number of likely N-dealkylation sites (tertiary alicyclic amines) is 1. The normalized spacial score (nSPS) is 18.1. The van der Waals surface area contributed by atoms with Crippen LogP contribution in [0.3, 0.4) is 0 Å². The Hall–Kier alpha value is -1.34. The van der Waals surface area contributed by atoms with Gasteiger partial charge in [-0.05, 0) is 25.2 Å². The number of rotatable bonds is 9. The summed E-state index contributed by atoms with van der Waals surface area (Å²) in [4.78, 5) is 43.8. The first kappa shape index (κ1) is 21.7. The Morgan fingerprint density at radius 3 is 2.56 bits per heavy atom. The van der Waals surface area contributed by atoms with E-state index >= 15 is 0 Å². The van der Waals surface area contributed by atoms with Crippen LogP contribution in [0.2, 0.25) is 0 Å². The molecule has 25 heavy (non-hydrogen) atoms. The van der Waals surface area contributed by atoms with E-state index in [-0.39, 0.29) is 42.4 Å². The molecule has 8 heteroatoms. The minimum Gasteiger partial charge on any atom is -0.392 e. The van der Waals surface area contributed by atoms with E-state index in [1.165, 1.54) is 22.2 Å². The van der Waals surface area contributed by atoms with Gasteiger partial charge in [-0.2, -0.15) is 0 Å². The van der Waals surface area contributed by atoms with Crippen LogP contribution in [-0.2, 0) is 19.2 Å². The SMILES string of the molecule is CCCC(=NOC/C=C/Cl)C1C(=O)CN(C(=O)C(C)SCC)CC1=O. The van der Waals surface area contributed by atoms with Gasteiger partial charge in [0.2, 0.25) is 5.91 Å². The van der Waals surface area contributed by atoms with Gasteiger partial charge in [0.05, 0.1) is 24.1 Å². The molecular weight excluding hydrogens is 364 g/mol. The van der Waals surface area contributed by atoms with E-state index in [1.807, 2.05) is 13.8 Å². The highest BCUT2D eigenvalue weighted by atomic mass is 35.5. The summed E-state index contributed by atoms with van der Waals surface area (Å²) in [6.45, 7) is 5.74. The number of halogens is 1. The van der Waals surface area contributed by atoms with Crippen molar-refractivity contribution in [1.82, 2.24) is 4.90 Å². The molecule has 0 saturated carbocycles. The van der Waals surface area contributed by atoms with E-state index in [0.717, 1.165) is 12.2 Å². The number of ketones is 2. The second-order valence-electron chi connectivity index (χ2n) is 5.65. The molecule has 1 aliphatic heterocycles. The lowest BCUT2D eigenvalue weighted by Crippen LogP contribution is -2.53. The van der Waals surface area contributed by atoms with E-state index in [0.29, 0.717) is 12.1 Å². The molecule has 0 bridgehead atoms. The number of thioether (sulfide) groups is 1. The van der Waals surface area contributed by atoms with Gasteiger partial charge in [0.15, 0.2) is 11.6 Å². The highest BCUT2D eigenvalue weighted by Gasteiger charge is 2.40. The van der Waals surface area contributed by atoms with Gasteiger partial charge in [-0.15, -0.1) is 11.8 Å². The number of hydrogen-bond acceptors (Lipinski definition) is 6. The molecule has 0 N–H and O–H groups in total. The van der Waals surface area contributed by atoms with Crippen LogP contribution in [0.4, 0.5) is 0 Å². The van der Waals surface area contributed by atoms with Gasteiger partial charge in [0.25, 0.3) is 0 Å². The van der Waals surface area contributed by atoms with Crippen LogP contribution in [0.1, 0.15) is 33.6 Å². The third kappa shape index (κ3) is 6.47. The number of amides is 1. The zero-order valence-corrected chi connectivity index (χ0v) is 16.4. The van der Waals surface area contributed by atoms with Crippen LogP contribution in [0, 0.1) is 5.92 Å². The molecule has 1 aliphatic rings. The van der Waals surface area contributed by atoms with Crippen molar-refractivity contribution in [1.29, 1.82) is 0 Å². The Labute approximate surface area is 158 Å². The summed E-state index contributed by atoms with van der Waals surface area (Å²) >= 11 is 6.90. The van der Waals surface area contributed by atoms with Crippen molar-refractivity contribution in [2.75, 3.05) is 25.4 Å².